The molecule has 21 heavy (non-hydrogen) atoms. The minimum Gasteiger partial charge on any atom is -0.339 e. The molecule has 0 saturated carbocycles. The van der Waals surface area contributed by atoms with Crippen molar-refractivity contribution in [3.8, 4) is 11.4 Å². The minimum absolute atomic E-state index is 0.0233. The summed E-state index contributed by atoms with van der Waals surface area (Å²) in [5, 5.41) is 3.97. The number of nitrogens with two attached hydrogens (primary N) is 1. The third-order valence-corrected chi connectivity index (χ3v) is 3.72. The second kappa shape index (κ2) is 6.23. The Morgan fingerprint density at radius 2 is 2.10 bits per heavy atom. The lowest BCUT2D eigenvalue weighted by atomic mass is 9.84. The van der Waals surface area contributed by atoms with Crippen LogP contribution in [0.1, 0.15) is 39.0 Å². The third-order valence-electron chi connectivity index (χ3n) is 3.11. The number of nitrogens with zero attached hydrogens (tertiary/aromatic N) is 2. The Bertz CT molecular complexity index is 622. The highest BCUT2D eigenvalue weighted by molar-refractivity contribution is 9.10. The van der Waals surface area contributed by atoms with Gasteiger partial charge in [-0.2, -0.15) is 4.98 Å². The van der Waals surface area contributed by atoms with Gasteiger partial charge >= 0.3 is 0 Å². The fourth-order valence-electron chi connectivity index (χ4n) is 2.16. The lowest BCUT2D eigenvalue weighted by Gasteiger charge is -2.22. The van der Waals surface area contributed by atoms with Crippen LogP contribution < -0.4 is 5.73 Å². The molecule has 4 nitrogen and oxygen atoms in total. The summed E-state index contributed by atoms with van der Waals surface area (Å²) in [6.07, 6.45) is 0.859. The molecular weight excluding hydrogens is 337 g/mol. The SMILES string of the molecule is CC(C)(C)CC(CN)c1nc(-c2ccc(F)c(Br)c2)no1. The first-order valence-electron chi connectivity index (χ1n) is 6.79. The van der Waals surface area contributed by atoms with E-state index in [1.165, 1.54) is 6.07 Å². The Labute approximate surface area is 132 Å². The summed E-state index contributed by atoms with van der Waals surface area (Å²) in [7, 11) is 0. The van der Waals surface area contributed by atoms with E-state index in [0.29, 0.717) is 28.3 Å². The molecule has 0 aliphatic carbocycles. The zero-order valence-corrected chi connectivity index (χ0v) is 13.9. The molecule has 0 aliphatic heterocycles. The van der Waals surface area contributed by atoms with Gasteiger partial charge in [0, 0.05) is 12.1 Å². The molecule has 114 valence electrons. The fraction of sp³-hybridized carbons (Fsp3) is 0.467. The van der Waals surface area contributed by atoms with Crippen molar-refractivity contribution in [1.29, 1.82) is 0 Å². The van der Waals surface area contributed by atoms with E-state index in [9.17, 15) is 4.39 Å². The molecule has 1 heterocycles. The van der Waals surface area contributed by atoms with Gasteiger partial charge < -0.3 is 10.3 Å². The van der Waals surface area contributed by atoms with Crippen LogP contribution in [-0.4, -0.2) is 16.7 Å². The summed E-state index contributed by atoms with van der Waals surface area (Å²) in [6.45, 7) is 6.88. The second-order valence-corrected chi connectivity index (χ2v) is 7.14. The molecule has 0 radical (unpaired) electrons. The highest BCUT2D eigenvalue weighted by Crippen LogP contribution is 2.31. The Morgan fingerprint density at radius 1 is 1.38 bits per heavy atom. The van der Waals surface area contributed by atoms with Gasteiger partial charge in [-0.15, -0.1) is 0 Å². The average Bonchev–Trinajstić information content (AvgIpc) is 2.87. The zero-order valence-electron chi connectivity index (χ0n) is 12.4. The number of halogens is 2. The van der Waals surface area contributed by atoms with E-state index in [0.717, 1.165) is 6.42 Å². The highest BCUT2D eigenvalue weighted by Gasteiger charge is 2.24. The first-order valence-corrected chi connectivity index (χ1v) is 7.58. The number of hydrogen-bond donors (Lipinski definition) is 1. The summed E-state index contributed by atoms with van der Waals surface area (Å²) >= 11 is 3.15. The molecule has 1 aromatic carbocycles. The Balaban J connectivity index is 2.25. The van der Waals surface area contributed by atoms with E-state index in [2.05, 4.69) is 46.8 Å². The van der Waals surface area contributed by atoms with Gasteiger partial charge in [-0.25, -0.2) is 4.39 Å². The predicted molar refractivity (Wildman–Crippen MR) is 83.3 cm³/mol. The standard InChI is InChI=1S/C15H19BrFN3O/c1-15(2,3)7-10(8-18)14-19-13(20-21-14)9-4-5-12(17)11(16)6-9/h4-6,10H,7-8,18H2,1-3H3. The van der Waals surface area contributed by atoms with Crippen LogP contribution in [0.15, 0.2) is 27.2 Å². The zero-order chi connectivity index (χ0) is 15.6. The fourth-order valence-corrected chi connectivity index (χ4v) is 2.54. The van der Waals surface area contributed by atoms with Crippen LogP contribution in [0, 0.1) is 11.2 Å². The van der Waals surface area contributed by atoms with Crippen LogP contribution in [0.4, 0.5) is 4.39 Å². The van der Waals surface area contributed by atoms with Gasteiger partial charge in [0.1, 0.15) is 5.82 Å². The van der Waals surface area contributed by atoms with Crippen LogP contribution in [0.3, 0.4) is 0 Å². The number of aromatic nitrogens is 2. The monoisotopic (exact) mass is 355 g/mol. The van der Waals surface area contributed by atoms with Gasteiger partial charge in [0.15, 0.2) is 0 Å². The molecule has 0 amide bonds. The van der Waals surface area contributed by atoms with Crippen molar-refractivity contribution in [2.45, 2.75) is 33.1 Å². The summed E-state index contributed by atoms with van der Waals surface area (Å²) in [6, 6.07) is 4.62. The molecule has 0 saturated heterocycles. The largest absolute Gasteiger partial charge is 0.339 e. The third kappa shape index (κ3) is 4.11. The van der Waals surface area contributed by atoms with Gasteiger partial charge in [0.25, 0.3) is 0 Å². The predicted octanol–water partition coefficient (Wildman–Crippen LogP) is 4.12. The topological polar surface area (TPSA) is 64.9 Å². The molecule has 2 N–H and O–H groups in total. The molecule has 1 aromatic heterocycles. The number of benzene rings is 1. The van der Waals surface area contributed by atoms with E-state index < -0.39 is 0 Å². The van der Waals surface area contributed by atoms with Crippen molar-refractivity contribution in [3.05, 3.63) is 34.4 Å². The molecule has 0 fully saturated rings. The van der Waals surface area contributed by atoms with Crippen LogP contribution in [-0.2, 0) is 0 Å². The van der Waals surface area contributed by atoms with E-state index >= 15 is 0 Å². The van der Waals surface area contributed by atoms with Crippen LogP contribution in [0.5, 0.6) is 0 Å². The van der Waals surface area contributed by atoms with Crippen molar-refractivity contribution in [3.63, 3.8) is 0 Å². The number of rotatable bonds is 4. The Morgan fingerprint density at radius 3 is 2.67 bits per heavy atom. The molecule has 6 heteroatoms. The molecule has 0 bridgehead atoms. The first-order chi connectivity index (χ1) is 9.80. The van der Waals surface area contributed by atoms with Crippen molar-refractivity contribution < 1.29 is 8.91 Å². The van der Waals surface area contributed by atoms with Crippen molar-refractivity contribution >= 4 is 15.9 Å². The van der Waals surface area contributed by atoms with E-state index in [1.807, 2.05) is 0 Å². The Hall–Kier alpha value is -1.27. The summed E-state index contributed by atoms with van der Waals surface area (Å²) in [4.78, 5) is 4.41. The van der Waals surface area contributed by atoms with E-state index in [4.69, 9.17) is 10.3 Å². The van der Waals surface area contributed by atoms with Crippen molar-refractivity contribution in [2.24, 2.45) is 11.1 Å². The molecule has 0 aliphatic rings. The van der Waals surface area contributed by atoms with Gasteiger partial charge in [-0.3, -0.25) is 0 Å². The maximum atomic E-state index is 13.3. The number of hydrogen-bond acceptors (Lipinski definition) is 4. The molecule has 1 unspecified atom stereocenters. The summed E-state index contributed by atoms with van der Waals surface area (Å²) < 4.78 is 19.0. The van der Waals surface area contributed by atoms with E-state index in [-0.39, 0.29) is 17.2 Å². The van der Waals surface area contributed by atoms with Gasteiger partial charge in [0.05, 0.1) is 10.4 Å². The van der Waals surface area contributed by atoms with Crippen LogP contribution in [0.25, 0.3) is 11.4 Å². The molecule has 1 atom stereocenters. The van der Waals surface area contributed by atoms with Gasteiger partial charge in [-0.05, 0) is 46.0 Å². The molecule has 2 aromatic rings. The maximum Gasteiger partial charge on any atom is 0.231 e. The second-order valence-electron chi connectivity index (χ2n) is 6.28. The lowest BCUT2D eigenvalue weighted by molar-refractivity contribution is 0.287. The normalized spacial score (nSPS) is 13.4. The van der Waals surface area contributed by atoms with Gasteiger partial charge in [0.2, 0.25) is 11.7 Å². The minimum atomic E-state index is -0.324. The van der Waals surface area contributed by atoms with Crippen molar-refractivity contribution in [1.82, 2.24) is 10.1 Å². The van der Waals surface area contributed by atoms with Crippen LogP contribution >= 0.6 is 15.9 Å². The average molecular weight is 356 g/mol. The quantitative estimate of drug-likeness (QED) is 0.895. The Kier molecular flexibility index (Phi) is 4.78. The smallest absolute Gasteiger partial charge is 0.231 e. The summed E-state index contributed by atoms with van der Waals surface area (Å²) in [5.74, 6) is 0.672. The molecule has 2 rings (SSSR count). The highest BCUT2D eigenvalue weighted by atomic mass is 79.9. The van der Waals surface area contributed by atoms with Crippen molar-refractivity contribution in [2.75, 3.05) is 6.54 Å². The molecular formula is C15H19BrFN3O. The summed E-state index contributed by atoms with van der Waals surface area (Å²) in [5.41, 5.74) is 6.64. The molecule has 0 spiro atoms. The maximum absolute atomic E-state index is 13.3. The lowest BCUT2D eigenvalue weighted by Crippen LogP contribution is -2.19. The first kappa shape index (κ1) is 16.1. The van der Waals surface area contributed by atoms with E-state index in [1.54, 1.807) is 12.1 Å². The van der Waals surface area contributed by atoms with Gasteiger partial charge in [-0.1, -0.05) is 25.9 Å². The van der Waals surface area contributed by atoms with Crippen LogP contribution in [0.2, 0.25) is 0 Å².